The largest absolute Gasteiger partial charge is 0.347 e. The molecule has 0 aliphatic rings. The molecule has 0 saturated carbocycles. The fourth-order valence-electron chi connectivity index (χ4n) is 2.37. The van der Waals surface area contributed by atoms with Gasteiger partial charge in [-0.2, -0.15) is 0 Å². The minimum absolute atomic E-state index is 0.107. The summed E-state index contributed by atoms with van der Waals surface area (Å²) in [5, 5.41) is 3.96. The predicted octanol–water partition coefficient (Wildman–Crippen LogP) is 3.27. The van der Waals surface area contributed by atoms with Gasteiger partial charge >= 0.3 is 0 Å². The molecule has 0 aliphatic carbocycles. The molecule has 2 aromatic heterocycles. The number of nitrogens with zero attached hydrogens (tertiary/aromatic N) is 2. The van der Waals surface area contributed by atoms with E-state index in [0.29, 0.717) is 12.2 Å². The second-order valence-electron chi connectivity index (χ2n) is 4.78. The van der Waals surface area contributed by atoms with Crippen LogP contribution in [0.15, 0.2) is 53.3 Å². The summed E-state index contributed by atoms with van der Waals surface area (Å²) in [7, 11) is 1.89. The van der Waals surface area contributed by atoms with Gasteiger partial charge in [-0.15, -0.1) is 0 Å². The van der Waals surface area contributed by atoms with Gasteiger partial charge in [0.05, 0.1) is 4.47 Å². The predicted molar refractivity (Wildman–Crippen MR) is 86.0 cm³/mol. The van der Waals surface area contributed by atoms with Crippen molar-refractivity contribution in [1.82, 2.24) is 14.9 Å². The summed E-state index contributed by atoms with van der Waals surface area (Å²) in [6.07, 6.45) is 3.46. The first-order valence-corrected chi connectivity index (χ1v) is 7.38. The molecule has 5 heteroatoms. The molecule has 0 bridgehead atoms. The standard InChI is InChI=1S/C16H14BrN3O/c1-20-13-7-3-2-6-12(13)14(17)15(20)16(21)19-10-11-5-4-8-18-9-11/h2-9H,10H2,1H3,(H,19,21). The number of fused-ring (bicyclic) bond motifs is 1. The normalized spacial score (nSPS) is 10.8. The van der Waals surface area contributed by atoms with Gasteiger partial charge in [0.25, 0.3) is 5.91 Å². The number of aromatic nitrogens is 2. The van der Waals surface area contributed by atoms with Crippen LogP contribution in [0, 0.1) is 0 Å². The van der Waals surface area contributed by atoms with Crippen molar-refractivity contribution in [2.24, 2.45) is 7.05 Å². The summed E-state index contributed by atoms with van der Waals surface area (Å²) in [4.78, 5) is 16.5. The summed E-state index contributed by atoms with van der Waals surface area (Å²) in [6.45, 7) is 0.459. The Morgan fingerprint density at radius 3 is 2.81 bits per heavy atom. The SMILES string of the molecule is Cn1c(C(=O)NCc2cccnc2)c(Br)c2ccccc21. The van der Waals surface area contributed by atoms with Crippen LogP contribution < -0.4 is 5.32 Å². The molecule has 0 radical (unpaired) electrons. The third-order valence-electron chi connectivity index (χ3n) is 3.44. The average molecular weight is 344 g/mol. The highest BCUT2D eigenvalue weighted by Gasteiger charge is 2.18. The van der Waals surface area contributed by atoms with Crippen LogP contribution >= 0.6 is 15.9 Å². The number of hydrogen-bond acceptors (Lipinski definition) is 2. The van der Waals surface area contributed by atoms with Crippen LogP contribution in [-0.2, 0) is 13.6 Å². The molecule has 0 saturated heterocycles. The molecule has 0 unspecified atom stereocenters. The van der Waals surface area contributed by atoms with Gasteiger partial charge in [-0.1, -0.05) is 24.3 Å². The maximum atomic E-state index is 12.4. The van der Waals surface area contributed by atoms with Crippen molar-refractivity contribution in [3.63, 3.8) is 0 Å². The fourth-order valence-corrected chi connectivity index (χ4v) is 3.15. The summed E-state index contributed by atoms with van der Waals surface area (Å²) in [5.74, 6) is -0.107. The third kappa shape index (κ3) is 2.56. The summed E-state index contributed by atoms with van der Waals surface area (Å²) < 4.78 is 2.72. The Morgan fingerprint density at radius 2 is 2.10 bits per heavy atom. The van der Waals surface area contributed by atoms with Crippen molar-refractivity contribution < 1.29 is 4.79 Å². The second-order valence-corrected chi connectivity index (χ2v) is 5.58. The van der Waals surface area contributed by atoms with E-state index in [0.717, 1.165) is 20.9 Å². The lowest BCUT2D eigenvalue weighted by molar-refractivity contribution is 0.0942. The van der Waals surface area contributed by atoms with E-state index in [1.807, 2.05) is 48.0 Å². The van der Waals surface area contributed by atoms with E-state index in [4.69, 9.17) is 0 Å². The molecule has 3 aromatic rings. The van der Waals surface area contributed by atoms with Crippen LogP contribution in [0.5, 0.6) is 0 Å². The Kier molecular flexibility index (Phi) is 3.75. The maximum Gasteiger partial charge on any atom is 0.269 e. The molecule has 3 rings (SSSR count). The van der Waals surface area contributed by atoms with Crippen molar-refractivity contribution in [1.29, 1.82) is 0 Å². The van der Waals surface area contributed by atoms with E-state index in [1.165, 1.54) is 0 Å². The van der Waals surface area contributed by atoms with E-state index in [2.05, 4.69) is 26.2 Å². The van der Waals surface area contributed by atoms with Crippen LogP contribution in [0.1, 0.15) is 16.1 Å². The molecule has 106 valence electrons. The Hall–Kier alpha value is -2.14. The fraction of sp³-hybridized carbons (Fsp3) is 0.125. The van der Waals surface area contributed by atoms with Gasteiger partial charge in [-0.3, -0.25) is 9.78 Å². The first-order chi connectivity index (χ1) is 10.2. The summed E-state index contributed by atoms with van der Waals surface area (Å²) in [6, 6.07) is 11.7. The van der Waals surface area contributed by atoms with Crippen molar-refractivity contribution in [3.8, 4) is 0 Å². The number of aryl methyl sites for hydroxylation is 1. The highest BCUT2D eigenvalue weighted by atomic mass is 79.9. The molecular formula is C16H14BrN3O. The summed E-state index contributed by atoms with van der Waals surface area (Å²) >= 11 is 3.54. The molecule has 21 heavy (non-hydrogen) atoms. The van der Waals surface area contributed by atoms with Gasteiger partial charge in [-0.05, 0) is 33.6 Å². The van der Waals surface area contributed by atoms with Gasteiger partial charge < -0.3 is 9.88 Å². The molecule has 0 spiro atoms. The van der Waals surface area contributed by atoms with Crippen molar-refractivity contribution in [2.45, 2.75) is 6.54 Å². The number of nitrogens with one attached hydrogen (secondary N) is 1. The number of rotatable bonds is 3. The summed E-state index contributed by atoms with van der Waals surface area (Å²) in [5.41, 5.74) is 2.62. The molecule has 2 heterocycles. The van der Waals surface area contributed by atoms with Gasteiger partial charge in [0, 0.05) is 36.9 Å². The highest BCUT2D eigenvalue weighted by Crippen LogP contribution is 2.30. The Balaban J connectivity index is 1.88. The number of amides is 1. The van der Waals surface area contributed by atoms with Gasteiger partial charge in [-0.25, -0.2) is 0 Å². The molecule has 1 aromatic carbocycles. The first-order valence-electron chi connectivity index (χ1n) is 6.58. The van der Waals surface area contributed by atoms with Crippen LogP contribution in [0.2, 0.25) is 0 Å². The average Bonchev–Trinajstić information content (AvgIpc) is 2.78. The molecule has 4 nitrogen and oxygen atoms in total. The minimum atomic E-state index is -0.107. The highest BCUT2D eigenvalue weighted by molar-refractivity contribution is 9.10. The zero-order chi connectivity index (χ0) is 14.8. The molecule has 0 atom stereocenters. The first kappa shape index (κ1) is 13.8. The van der Waals surface area contributed by atoms with Gasteiger partial charge in [0.15, 0.2) is 0 Å². The lowest BCUT2D eigenvalue weighted by atomic mass is 10.2. The van der Waals surface area contributed by atoms with Gasteiger partial charge in [0.1, 0.15) is 5.69 Å². The Morgan fingerprint density at radius 1 is 1.29 bits per heavy atom. The number of hydrogen-bond donors (Lipinski definition) is 1. The third-order valence-corrected chi connectivity index (χ3v) is 4.24. The van der Waals surface area contributed by atoms with Crippen molar-refractivity contribution in [2.75, 3.05) is 0 Å². The van der Waals surface area contributed by atoms with Crippen molar-refractivity contribution in [3.05, 3.63) is 64.5 Å². The number of para-hydroxylation sites is 1. The lowest BCUT2D eigenvalue weighted by Gasteiger charge is -2.07. The van der Waals surface area contributed by atoms with Crippen LogP contribution in [0.3, 0.4) is 0 Å². The quantitative estimate of drug-likeness (QED) is 0.793. The molecule has 1 amide bonds. The lowest BCUT2D eigenvalue weighted by Crippen LogP contribution is -2.25. The molecule has 1 N–H and O–H groups in total. The second kappa shape index (κ2) is 5.69. The van der Waals surface area contributed by atoms with E-state index in [-0.39, 0.29) is 5.91 Å². The maximum absolute atomic E-state index is 12.4. The van der Waals surface area contributed by atoms with E-state index < -0.39 is 0 Å². The topological polar surface area (TPSA) is 46.9 Å². The van der Waals surface area contributed by atoms with Crippen LogP contribution in [0.4, 0.5) is 0 Å². The molecule has 0 fully saturated rings. The van der Waals surface area contributed by atoms with E-state index >= 15 is 0 Å². The zero-order valence-corrected chi connectivity index (χ0v) is 13.1. The Bertz CT molecular complexity index is 757. The molecular weight excluding hydrogens is 330 g/mol. The zero-order valence-electron chi connectivity index (χ0n) is 11.5. The van der Waals surface area contributed by atoms with E-state index in [9.17, 15) is 4.79 Å². The molecule has 0 aliphatic heterocycles. The van der Waals surface area contributed by atoms with Crippen LogP contribution in [0.25, 0.3) is 10.9 Å². The van der Waals surface area contributed by atoms with Crippen LogP contribution in [-0.4, -0.2) is 15.5 Å². The minimum Gasteiger partial charge on any atom is -0.347 e. The Labute approximate surface area is 130 Å². The number of carbonyl (C=O) groups is 1. The van der Waals surface area contributed by atoms with E-state index in [1.54, 1.807) is 12.4 Å². The van der Waals surface area contributed by atoms with Crippen molar-refractivity contribution >= 4 is 32.7 Å². The smallest absolute Gasteiger partial charge is 0.269 e. The monoisotopic (exact) mass is 343 g/mol. The number of carbonyl (C=O) groups excluding carboxylic acids is 1. The number of pyridine rings is 1. The van der Waals surface area contributed by atoms with Gasteiger partial charge in [0.2, 0.25) is 0 Å². The number of benzene rings is 1. The number of halogens is 1.